The first-order chi connectivity index (χ1) is 10.2. The zero-order valence-electron chi connectivity index (χ0n) is 11.8. The third-order valence-electron chi connectivity index (χ3n) is 3.93. The highest BCUT2D eigenvalue weighted by Gasteiger charge is 2.30. The molecule has 1 saturated heterocycles. The van der Waals surface area contributed by atoms with E-state index in [0.29, 0.717) is 17.2 Å². The van der Waals surface area contributed by atoms with Gasteiger partial charge >= 0.3 is 0 Å². The highest BCUT2D eigenvalue weighted by molar-refractivity contribution is 6.30. The van der Waals surface area contributed by atoms with Crippen LogP contribution >= 0.6 is 11.6 Å². The van der Waals surface area contributed by atoms with Crippen molar-refractivity contribution < 1.29 is 4.79 Å². The maximum absolute atomic E-state index is 12.4. The Kier molecular flexibility index (Phi) is 4.37. The molecule has 0 aromatic heterocycles. The van der Waals surface area contributed by atoms with E-state index in [-0.39, 0.29) is 6.04 Å². The minimum absolute atomic E-state index is 0.169. The number of halogens is 1. The van der Waals surface area contributed by atoms with Crippen LogP contribution < -0.4 is 0 Å². The summed E-state index contributed by atoms with van der Waals surface area (Å²) in [6.45, 7) is 1.74. The Morgan fingerprint density at radius 2 is 1.90 bits per heavy atom. The molecule has 2 aromatic carbocycles. The van der Waals surface area contributed by atoms with Crippen LogP contribution in [-0.2, 0) is 11.3 Å². The van der Waals surface area contributed by atoms with Gasteiger partial charge in [0.15, 0.2) is 5.78 Å². The molecule has 0 amide bonds. The number of carbonyl (C=O) groups excluding carboxylic acids is 1. The van der Waals surface area contributed by atoms with Gasteiger partial charge in [-0.05, 0) is 36.2 Å². The van der Waals surface area contributed by atoms with Gasteiger partial charge in [-0.2, -0.15) is 0 Å². The Labute approximate surface area is 130 Å². The molecule has 21 heavy (non-hydrogen) atoms. The van der Waals surface area contributed by atoms with E-state index in [9.17, 15) is 4.79 Å². The third kappa shape index (κ3) is 3.34. The minimum Gasteiger partial charge on any atom is -0.298 e. The van der Waals surface area contributed by atoms with E-state index in [4.69, 9.17) is 11.6 Å². The summed E-state index contributed by atoms with van der Waals surface area (Å²) in [4.78, 5) is 14.7. The van der Waals surface area contributed by atoms with Crippen LogP contribution in [0.1, 0.15) is 30.0 Å². The van der Waals surface area contributed by atoms with Crippen molar-refractivity contribution in [2.75, 3.05) is 6.54 Å². The molecule has 3 heteroatoms. The van der Waals surface area contributed by atoms with Gasteiger partial charge in [0.05, 0.1) is 6.04 Å². The number of hydrogen-bond donors (Lipinski definition) is 0. The molecule has 2 nitrogen and oxygen atoms in total. The molecular formula is C18H18ClNO. The van der Waals surface area contributed by atoms with Crippen LogP contribution in [0.15, 0.2) is 54.6 Å². The number of piperidine rings is 1. The lowest BCUT2D eigenvalue weighted by molar-refractivity contribution is -0.127. The van der Waals surface area contributed by atoms with Crippen molar-refractivity contribution in [1.29, 1.82) is 0 Å². The van der Waals surface area contributed by atoms with Gasteiger partial charge in [0, 0.05) is 18.0 Å². The number of ketones is 1. The number of benzene rings is 2. The van der Waals surface area contributed by atoms with Gasteiger partial charge in [-0.1, -0.05) is 54.1 Å². The molecule has 1 fully saturated rings. The molecule has 0 aliphatic carbocycles. The number of rotatable bonds is 3. The van der Waals surface area contributed by atoms with Crippen LogP contribution in [0.3, 0.4) is 0 Å². The Morgan fingerprint density at radius 1 is 1.10 bits per heavy atom. The zero-order valence-corrected chi connectivity index (χ0v) is 12.6. The Bertz CT molecular complexity index is 626. The summed E-state index contributed by atoms with van der Waals surface area (Å²) in [5, 5.41) is 0.686. The van der Waals surface area contributed by atoms with Gasteiger partial charge in [-0.25, -0.2) is 0 Å². The maximum Gasteiger partial charge on any atom is 0.154 e. The lowest BCUT2D eigenvalue weighted by Gasteiger charge is -2.35. The average Bonchev–Trinajstić information content (AvgIpc) is 2.48. The van der Waals surface area contributed by atoms with Crippen molar-refractivity contribution in [3.8, 4) is 0 Å². The quantitative estimate of drug-likeness (QED) is 0.844. The summed E-state index contributed by atoms with van der Waals surface area (Å²) in [5.74, 6) is 0.291. The van der Waals surface area contributed by atoms with Gasteiger partial charge in [-0.15, -0.1) is 0 Å². The average molecular weight is 300 g/mol. The second-order valence-electron chi connectivity index (χ2n) is 5.48. The highest BCUT2D eigenvalue weighted by Crippen LogP contribution is 2.30. The molecule has 1 aliphatic rings. The fraction of sp³-hybridized carbons (Fsp3) is 0.278. The van der Waals surface area contributed by atoms with E-state index in [0.717, 1.165) is 25.1 Å². The Balaban J connectivity index is 1.88. The predicted molar refractivity (Wildman–Crippen MR) is 85.3 cm³/mol. The second-order valence-corrected chi connectivity index (χ2v) is 5.92. The predicted octanol–water partition coefficient (Wildman–Crippen LogP) is 4.25. The topological polar surface area (TPSA) is 20.3 Å². The number of Topliss-reactive ketones (excluding diaryl/α,β-unsaturated/α-hetero) is 1. The number of nitrogens with zero attached hydrogens (tertiary/aromatic N) is 1. The van der Waals surface area contributed by atoms with Crippen molar-refractivity contribution >= 4 is 17.4 Å². The van der Waals surface area contributed by atoms with Gasteiger partial charge in [0.25, 0.3) is 0 Å². The lowest BCUT2D eigenvalue weighted by atomic mass is 9.93. The summed E-state index contributed by atoms with van der Waals surface area (Å²) < 4.78 is 0. The normalized spacial score (nSPS) is 19.7. The zero-order chi connectivity index (χ0) is 14.7. The van der Waals surface area contributed by atoms with E-state index in [1.165, 1.54) is 5.56 Å². The van der Waals surface area contributed by atoms with Crippen molar-refractivity contribution in [2.24, 2.45) is 0 Å². The largest absolute Gasteiger partial charge is 0.298 e. The minimum atomic E-state index is -0.169. The molecule has 0 radical (unpaired) electrons. The summed E-state index contributed by atoms with van der Waals surface area (Å²) in [7, 11) is 0. The molecule has 1 unspecified atom stereocenters. The van der Waals surface area contributed by atoms with E-state index in [1.54, 1.807) is 0 Å². The summed E-state index contributed by atoms with van der Waals surface area (Å²) in [5.41, 5.74) is 2.24. The summed E-state index contributed by atoms with van der Waals surface area (Å²) in [6.07, 6.45) is 1.59. The molecule has 1 atom stereocenters. The van der Waals surface area contributed by atoms with Gasteiger partial charge in [0.1, 0.15) is 0 Å². The van der Waals surface area contributed by atoms with Crippen molar-refractivity contribution in [3.05, 3.63) is 70.7 Å². The fourth-order valence-corrected chi connectivity index (χ4v) is 3.19. The highest BCUT2D eigenvalue weighted by atomic mass is 35.5. The molecule has 0 bridgehead atoms. The van der Waals surface area contributed by atoms with E-state index < -0.39 is 0 Å². The van der Waals surface area contributed by atoms with Gasteiger partial charge < -0.3 is 0 Å². The van der Waals surface area contributed by atoms with Crippen molar-refractivity contribution in [1.82, 2.24) is 4.90 Å². The van der Waals surface area contributed by atoms with Crippen LogP contribution in [0.4, 0.5) is 0 Å². The molecule has 108 valence electrons. The summed E-state index contributed by atoms with van der Waals surface area (Å²) in [6, 6.07) is 17.8. The SMILES string of the molecule is O=C1CCCN(Cc2ccccc2)C1c1cccc(Cl)c1. The van der Waals surface area contributed by atoms with Crippen LogP contribution in [0.5, 0.6) is 0 Å². The van der Waals surface area contributed by atoms with Crippen LogP contribution in [0.25, 0.3) is 0 Å². The first kappa shape index (κ1) is 14.3. The molecule has 3 rings (SSSR count). The molecule has 2 aromatic rings. The van der Waals surface area contributed by atoms with Crippen molar-refractivity contribution in [2.45, 2.75) is 25.4 Å². The number of hydrogen-bond acceptors (Lipinski definition) is 2. The van der Waals surface area contributed by atoms with Crippen LogP contribution in [0.2, 0.25) is 5.02 Å². The standard InChI is InChI=1S/C18H18ClNO/c19-16-9-4-8-15(12-16)18-17(21)10-5-11-20(18)13-14-6-2-1-3-7-14/h1-4,6-9,12,18H,5,10-11,13H2. The molecule has 0 N–H and O–H groups in total. The van der Waals surface area contributed by atoms with E-state index in [2.05, 4.69) is 17.0 Å². The Morgan fingerprint density at radius 3 is 2.67 bits per heavy atom. The molecule has 0 spiro atoms. The van der Waals surface area contributed by atoms with Gasteiger partial charge in [0.2, 0.25) is 0 Å². The first-order valence-electron chi connectivity index (χ1n) is 7.30. The maximum atomic E-state index is 12.4. The van der Waals surface area contributed by atoms with Crippen molar-refractivity contribution in [3.63, 3.8) is 0 Å². The van der Waals surface area contributed by atoms with Crippen LogP contribution in [-0.4, -0.2) is 17.2 Å². The Hall–Kier alpha value is -1.64. The molecule has 1 aliphatic heterocycles. The second kappa shape index (κ2) is 6.42. The molecule has 1 heterocycles. The molecular weight excluding hydrogens is 282 g/mol. The number of likely N-dealkylation sites (tertiary alicyclic amines) is 1. The van der Waals surface area contributed by atoms with Crippen LogP contribution in [0, 0.1) is 0 Å². The summed E-state index contributed by atoms with van der Waals surface area (Å²) >= 11 is 6.09. The smallest absolute Gasteiger partial charge is 0.154 e. The monoisotopic (exact) mass is 299 g/mol. The van der Waals surface area contributed by atoms with E-state index >= 15 is 0 Å². The lowest BCUT2D eigenvalue weighted by Crippen LogP contribution is -2.38. The fourth-order valence-electron chi connectivity index (χ4n) is 2.99. The number of carbonyl (C=O) groups is 1. The first-order valence-corrected chi connectivity index (χ1v) is 7.68. The third-order valence-corrected chi connectivity index (χ3v) is 4.17. The molecule has 0 saturated carbocycles. The van der Waals surface area contributed by atoms with E-state index in [1.807, 2.05) is 42.5 Å². The van der Waals surface area contributed by atoms with Gasteiger partial charge in [-0.3, -0.25) is 9.69 Å².